The molecule has 2 N–H and O–H groups in total. The van der Waals surface area contributed by atoms with E-state index in [1.54, 1.807) is 12.3 Å². The largest absolute Gasteiger partial charge is 0.480 e. The second-order valence-corrected chi connectivity index (χ2v) is 5.92. The van der Waals surface area contributed by atoms with Crippen LogP contribution >= 0.6 is 0 Å². The Morgan fingerprint density at radius 1 is 1.26 bits per heavy atom. The summed E-state index contributed by atoms with van der Waals surface area (Å²) >= 11 is 0. The highest BCUT2D eigenvalue weighted by atomic mass is 16.4. The average Bonchev–Trinajstić information content (AvgIpc) is 2.93. The molecule has 1 unspecified atom stereocenters. The van der Waals surface area contributed by atoms with Crippen molar-refractivity contribution in [1.82, 2.24) is 9.78 Å². The Morgan fingerprint density at radius 3 is 2.83 bits per heavy atom. The van der Waals surface area contributed by atoms with E-state index in [0.29, 0.717) is 18.2 Å². The Morgan fingerprint density at radius 2 is 2.04 bits per heavy atom. The Bertz CT molecular complexity index is 723. The zero-order valence-corrected chi connectivity index (χ0v) is 12.7. The van der Waals surface area contributed by atoms with Crippen LogP contribution in [0, 0.1) is 5.92 Å². The fourth-order valence-corrected chi connectivity index (χ4v) is 3.06. The first kappa shape index (κ1) is 15.3. The third-order valence-electron chi connectivity index (χ3n) is 4.13. The average molecular weight is 313 g/mol. The first-order valence-corrected chi connectivity index (χ1v) is 7.72. The van der Waals surface area contributed by atoms with Gasteiger partial charge in [-0.15, -0.1) is 0 Å². The van der Waals surface area contributed by atoms with Gasteiger partial charge in [0.1, 0.15) is 6.54 Å². The van der Waals surface area contributed by atoms with Crippen molar-refractivity contribution >= 4 is 17.7 Å². The first-order valence-electron chi connectivity index (χ1n) is 7.72. The molecule has 6 heteroatoms. The lowest BCUT2D eigenvalue weighted by atomic mass is 9.82. The maximum absolute atomic E-state index is 12.1. The maximum atomic E-state index is 12.1. The third-order valence-corrected chi connectivity index (χ3v) is 4.13. The minimum atomic E-state index is -0.966. The molecule has 1 amide bonds. The van der Waals surface area contributed by atoms with Gasteiger partial charge >= 0.3 is 5.97 Å². The number of hydrogen-bond acceptors (Lipinski definition) is 3. The van der Waals surface area contributed by atoms with Crippen LogP contribution in [0.15, 0.2) is 36.5 Å². The van der Waals surface area contributed by atoms with Crippen LogP contribution in [0.3, 0.4) is 0 Å². The second-order valence-electron chi connectivity index (χ2n) is 5.92. The van der Waals surface area contributed by atoms with Crippen molar-refractivity contribution in [2.24, 2.45) is 5.92 Å². The summed E-state index contributed by atoms with van der Waals surface area (Å²) in [6, 6.07) is 9.99. The molecule has 0 radical (unpaired) electrons. The predicted octanol–water partition coefficient (Wildman–Crippen LogP) is 2.10. The van der Waals surface area contributed by atoms with Crippen LogP contribution in [0.5, 0.6) is 0 Å². The second kappa shape index (κ2) is 6.64. The normalized spacial score (nSPS) is 16.6. The lowest BCUT2D eigenvalue weighted by Crippen LogP contribution is -2.22. The molecule has 6 nitrogen and oxygen atoms in total. The van der Waals surface area contributed by atoms with E-state index in [1.807, 2.05) is 6.07 Å². The van der Waals surface area contributed by atoms with Crippen molar-refractivity contribution < 1.29 is 14.7 Å². The van der Waals surface area contributed by atoms with E-state index in [0.717, 1.165) is 19.3 Å². The van der Waals surface area contributed by atoms with Crippen molar-refractivity contribution in [3.63, 3.8) is 0 Å². The van der Waals surface area contributed by atoms with Crippen LogP contribution in [0.2, 0.25) is 0 Å². The number of carbonyl (C=O) groups excluding carboxylic acids is 1. The fourth-order valence-electron chi connectivity index (χ4n) is 3.06. The van der Waals surface area contributed by atoms with Crippen LogP contribution in [0.25, 0.3) is 0 Å². The Balaban J connectivity index is 1.54. The van der Waals surface area contributed by atoms with Gasteiger partial charge in [0, 0.05) is 18.7 Å². The Labute approximate surface area is 134 Å². The number of aryl methyl sites for hydroxylation is 1. The number of benzene rings is 1. The molecule has 120 valence electrons. The van der Waals surface area contributed by atoms with E-state index >= 15 is 0 Å². The molecule has 1 atom stereocenters. The predicted molar refractivity (Wildman–Crippen MR) is 85.1 cm³/mol. The van der Waals surface area contributed by atoms with Crippen LogP contribution < -0.4 is 5.32 Å². The van der Waals surface area contributed by atoms with Gasteiger partial charge in [-0.1, -0.05) is 24.3 Å². The monoisotopic (exact) mass is 313 g/mol. The topological polar surface area (TPSA) is 84.2 Å². The summed E-state index contributed by atoms with van der Waals surface area (Å²) < 4.78 is 1.29. The Hall–Kier alpha value is -2.63. The van der Waals surface area contributed by atoms with Crippen molar-refractivity contribution in [3.05, 3.63) is 47.7 Å². The number of fused-ring (bicyclic) bond motifs is 1. The van der Waals surface area contributed by atoms with Crippen LogP contribution in [-0.2, 0) is 29.0 Å². The van der Waals surface area contributed by atoms with E-state index in [9.17, 15) is 9.59 Å². The van der Waals surface area contributed by atoms with Crippen LogP contribution in [0.4, 0.5) is 5.82 Å². The van der Waals surface area contributed by atoms with Gasteiger partial charge in [0.25, 0.3) is 0 Å². The molecule has 1 heterocycles. The van der Waals surface area contributed by atoms with E-state index in [-0.39, 0.29) is 12.5 Å². The summed E-state index contributed by atoms with van der Waals surface area (Å²) in [5, 5.41) is 15.5. The highest BCUT2D eigenvalue weighted by Crippen LogP contribution is 2.27. The molecule has 1 aliphatic carbocycles. The molecule has 23 heavy (non-hydrogen) atoms. The molecule has 3 rings (SSSR count). The van der Waals surface area contributed by atoms with Crippen molar-refractivity contribution in [1.29, 1.82) is 0 Å². The van der Waals surface area contributed by atoms with Gasteiger partial charge in [-0.25, -0.2) is 0 Å². The number of carboxylic acids is 1. The molecule has 1 aromatic carbocycles. The molecule has 0 bridgehead atoms. The summed E-state index contributed by atoms with van der Waals surface area (Å²) in [5.41, 5.74) is 2.72. The summed E-state index contributed by atoms with van der Waals surface area (Å²) in [6.07, 6.45) is 4.96. The molecular weight excluding hydrogens is 294 g/mol. The number of hydrogen-bond donors (Lipinski definition) is 2. The summed E-state index contributed by atoms with van der Waals surface area (Å²) in [7, 11) is 0. The molecule has 0 saturated heterocycles. The van der Waals surface area contributed by atoms with Gasteiger partial charge in [0.05, 0.1) is 0 Å². The van der Waals surface area contributed by atoms with E-state index in [4.69, 9.17) is 5.11 Å². The van der Waals surface area contributed by atoms with Crippen molar-refractivity contribution in [3.8, 4) is 0 Å². The third kappa shape index (κ3) is 3.97. The minimum Gasteiger partial charge on any atom is -0.480 e. The Kier molecular flexibility index (Phi) is 4.41. The summed E-state index contributed by atoms with van der Waals surface area (Å²) in [4.78, 5) is 22.8. The molecule has 1 aliphatic rings. The zero-order valence-electron chi connectivity index (χ0n) is 12.7. The van der Waals surface area contributed by atoms with E-state index < -0.39 is 5.97 Å². The molecule has 0 saturated carbocycles. The highest BCUT2D eigenvalue weighted by molar-refractivity contribution is 5.89. The van der Waals surface area contributed by atoms with Gasteiger partial charge in [0.15, 0.2) is 5.82 Å². The smallest absolute Gasteiger partial charge is 0.325 e. The zero-order chi connectivity index (χ0) is 16.2. The molecule has 2 aromatic rings. The maximum Gasteiger partial charge on any atom is 0.325 e. The summed E-state index contributed by atoms with van der Waals surface area (Å²) in [5.74, 6) is -0.305. The van der Waals surface area contributed by atoms with Crippen LogP contribution in [-0.4, -0.2) is 26.8 Å². The van der Waals surface area contributed by atoms with Crippen LogP contribution in [0.1, 0.15) is 24.0 Å². The lowest BCUT2D eigenvalue weighted by molar-refractivity contribution is -0.137. The van der Waals surface area contributed by atoms with Gasteiger partial charge in [-0.3, -0.25) is 14.3 Å². The number of carbonyl (C=O) groups is 2. The number of rotatable bonds is 5. The van der Waals surface area contributed by atoms with Gasteiger partial charge < -0.3 is 10.4 Å². The quantitative estimate of drug-likeness (QED) is 0.885. The standard InChI is InChI=1S/C17H19N3O3/c21-16(18-15-7-8-20(19-15)11-17(22)23)10-12-5-6-13-3-1-2-4-14(13)9-12/h1-4,7-8,12H,5-6,9-11H2,(H,22,23)(H,18,19,21). The molecule has 1 aromatic heterocycles. The SMILES string of the molecule is O=C(O)Cn1ccc(NC(=O)CC2CCc3ccccc3C2)n1. The molecule has 0 aliphatic heterocycles. The van der Waals surface area contributed by atoms with Gasteiger partial charge in [-0.2, -0.15) is 5.10 Å². The molecule has 0 spiro atoms. The summed E-state index contributed by atoms with van der Waals surface area (Å²) in [6.45, 7) is -0.213. The van der Waals surface area contributed by atoms with E-state index in [1.165, 1.54) is 15.8 Å². The van der Waals surface area contributed by atoms with E-state index in [2.05, 4.69) is 28.6 Å². The fraction of sp³-hybridized carbons (Fsp3) is 0.353. The number of carboxylic acid groups (broad SMARTS) is 1. The highest BCUT2D eigenvalue weighted by Gasteiger charge is 2.21. The molecular formula is C17H19N3O3. The number of amides is 1. The number of aromatic nitrogens is 2. The molecule has 0 fully saturated rings. The number of anilines is 1. The van der Waals surface area contributed by atoms with Crippen molar-refractivity contribution in [2.75, 3.05) is 5.32 Å². The van der Waals surface area contributed by atoms with Gasteiger partial charge in [0.2, 0.25) is 5.91 Å². The van der Waals surface area contributed by atoms with Crippen molar-refractivity contribution in [2.45, 2.75) is 32.2 Å². The van der Waals surface area contributed by atoms with Gasteiger partial charge in [-0.05, 0) is 36.3 Å². The number of nitrogens with one attached hydrogen (secondary N) is 1. The lowest BCUT2D eigenvalue weighted by Gasteiger charge is -2.23. The minimum absolute atomic E-state index is 0.0741. The number of nitrogens with zero attached hydrogens (tertiary/aromatic N) is 2. The first-order chi connectivity index (χ1) is 11.1. The number of aliphatic carboxylic acids is 1.